The third kappa shape index (κ3) is 6.20. The zero-order valence-corrected chi connectivity index (χ0v) is 21.8. The molecule has 1 saturated carbocycles. The molecule has 0 amide bonds. The number of carbonyl (C=O) groups is 1. The Morgan fingerprint density at radius 1 is 1.03 bits per heavy atom. The largest absolute Gasteiger partial charge is 0.478 e. The van der Waals surface area contributed by atoms with Crippen LogP contribution in [0.25, 0.3) is 0 Å². The Labute approximate surface area is 231 Å². The number of carboxylic acids is 1. The first-order chi connectivity index (χ1) is 18.6. The van der Waals surface area contributed by atoms with Gasteiger partial charge < -0.3 is 14.4 Å². The summed E-state index contributed by atoms with van der Waals surface area (Å²) in [5.74, 6) is -0.815. The zero-order chi connectivity index (χ0) is 27.7. The molecule has 0 radical (unpaired) electrons. The summed E-state index contributed by atoms with van der Waals surface area (Å²) in [4.78, 5) is 15.1. The summed E-state index contributed by atoms with van der Waals surface area (Å²) in [5, 5.41) is 14.4. The number of nitrogens with zero attached hydrogens (tertiary/aromatic N) is 2. The van der Waals surface area contributed by atoms with Gasteiger partial charge in [-0.2, -0.15) is 13.2 Å². The first-order valence-electron chi connectivity index (χ1n) is 12.1. The number of aryl methyl sites for hydroxylation is 1. The lowest BCUT2D eigenvalue weighted by Gasteiger charge is -2.14. The highest BCUT2D eigenvalue weighted by Crippen LogP contribution is 2.43. The smallest absolute Gasteiger partial charge is 0.437 e. The van der Waals surface area contributed by atoms with Gasteiger partial charge >= 0.3 is 12.1 Å². The molecule has 0 spiro atoms. The lowest BCUT2D eigenvalue weighted by atomic mass is 9.99. The SMILES string of the molecule is O=C(O)c1cccc(Oc2ccc(CCc3c(Cc4c(Cl)cccc4Cl)noc3C3CC3)nc2C(F)(F)F)c1. The van der Waals surface area contributed by atoms with Crippen LogP contribution in [0, 0.1) is 0 Å². The van der Waals surface area contributed by atoms with E-state index in [1.165, 1.54) is 30.3 Å². The highest BCUT2D eigenvalue weighted by atomic mass is 35.5. The second-order valence-electron chi connectivity index (χ2n) is 9.21. The number of halogens is 5. The van der Waals surface area contributed by atoms with Crippen LogP contribution < -0.4 is 4.74 Å². The molecule has 0 atom stereocenters. The number of hydrogen-bond donors (Lipinski definition) is 1. The number of benzene rings is 2. The quantitative estimate of drug-likeness (QED) is 0.216. The molecule has 5 rings (SSSR count). The predicted molar refractivity (Wildman–Crippen MR) is 138 cm³/mol. The molecule has 39 heavy (non-hydrogen) atoms. The first-order valence-corrected chi connectivity index (χ1v) is 12.8. The molecule has 1 aliphatic rings. The second-order valence-corrected chi connectivity index (χ2v) is 10.0. The molecule has 1 fully saturated rings. The summed E-state index contributed by atoms with van der Waals surface area (Å²) in [5.41, 5.74) is 1.06. The van der Waals surface area contributed by atoms with E-state index in [0.29, 0.717) is 34.1 Å². The Morgan fingerprint density at radius 2 is 1.74 bits per heavy atom. The van der Waals surface area contributed by atoms with E-state index >= 15 is 0 Å². The van der Waals surface area contributed by atoms with Crippen molar-refractivity contribution in [3.8, 4) is 11.5 Å². The highest BCUT2D eigenvalue weighted by Gasteiger charge is 2.37. The Hall–Kier alpha value is -3.56. The average molecular weight is 577 g/mol. The molecular weight excluding hydrogens is 556 g/mol. The normalized spacial score (nSPS) is 13.5. The van der Waals surface area contributed by atoms with Gasteiger partial charge in [0.15, 0.2) is 11.4 Å². The molecule has 1 N–H and O–H groups in total. The number of rotatable bonds is 9. The topological polar surface area (TPSA) is 85.5 Å². The van der Waals surface area contributed by atoms with Crippen molar-refractivity contribution in [2.75, 3.05) is 0 Å². The van der Waals surface area contributed by atoms with Crippen molar-refractivity contribution in [2.45, 2.75) is 44.2 Å². The molecule has 1 aliphatic carbocycles. The van der Waals surface area contributed by atoms with Gasteiger partial charge in [0.25, 0.3) is 0 Å². The monoisotopic (exact) mass is 576 g/mol. The Balaban J connectivity index is 1.40. The fourth-order valence-corrected chi connectivity index (χ4v) is 4.81. The molecule has 11 heteroatoms. The van der Waals surface area contributed by atoms with Crippen LogP contribution in [0.4, 0.5) is 13.2 Å². The van der Waals surface area contributed by atoms with Gasteiger partial charge in [0.2, 0.25) is 0 Å². The summed E-state index contributed by atoms with van der Waals surface area (Å²) in [7, 11) is 0. The van der Waals surface area contributed by atoms with Gasteiger partial charge in [0, 0.05) is 33.6 Å². The van der Waals surface area contributed by atoms with Crippen LogP contribution in [0.2, 0.25) is 10.0 Å². The van der Waals surface area contributed by atoms with Crippen molar-refractivity contribution in [1.29, 1.82) is 0 Å². The summed E-state index contributed by atoms with van der Waals surface area (Å²) in [6, 6.07) is 13.1. The number of carboxylic acid groups (broad SMARTS) is 1. The lowest BCUT2D eigenvalue weighted by Crippen LogP contribution is -2.12. The maximum absolute atomic E-state index is 13.9. The van der Waals surface area contributed by atoms with Crippen molar-refractivity contribution < 1.29 is 32.3 Å². The Kier molecular flexibility index (Phi) is 7.55. The summed E-state index contributed by atoms with van der Waals surface area (Å²) in [6.07, 6.45) is -1.99. The van der Waals surface area contributed by atoms with Gasteiger partial charge in [-0.25, -0.2) is 9.78 Å². The third-order valence-electron chi connectivity index (χ3n) is 6.38. The Bertz CT molecular complexity index is 1510. The molecule has 0 unspecified atom stereocenters. The van der Waals surface area contributed by atoms with Gasteiger partial charge in [-0.15, -0.1) is 0 Å². The minimum atomic E-state index is -4.79. The lowest BCUT2D eigenvalue weighted by molar-refractivity contribution is -0.142. The summed E-state index contributed by atoms with van der Waals surface area (Å²) >= 11 is 12.7. The predicted octanol–water partition coefficient (Wildman–Crippen LogP) is 8.14. The molecule has 4 aromatic rings. The van der Waals surface area contributed by atoms with E-state index in [0.717, 1.165) is 30.2 Å². The number of pyridine rings is 1. The van der Waals surface area contributed by atoms with Crippen LogP contribution in [-0.2, 0) is 25.4 Å². The molecule has 6 nitrogen and oxygen atoms in total. The second kappa shape index (κ2) is 10.9. The van der Waals surface area contributed by atoms with Gasteiger partial charge in [0.1, 0.15) is 11.5 Å². The van der Waals surface area contributed by atoms with Crippen LogP contribution >= 0.6 is 23.2 Å². The van der Waals surface area contributed by atoms with E-state index in [2.05, 4.69) is 10.1 Å². The number of aromatic carboxylic acids is 1. The number of ether oxygens (including phenoxy) is 1. The van der Waals surface area contributed by atoms with Gasteiger partial charge in [-0.3, -0.25) is 0 Å². The van der Waals surface area contributed by atoms with Gasteiger partial charge in [-0.05, 0) is 73.7 Å². The molecule has 2 heterocycles. The molecular formula is C28H21Cl2F3N2O4. The fraction of sp³-hybridized carbons (Fsp3) is 0.250. The Morgan fingerprint density at radius 3 is 2.41 bits per heavy atom. The van der Waals surface area contributed by atoms with Crippen molar-refractivity contribution >= 4 is 29.2 Å². The van der Waals surface area contributed by atoms with E-state index in [-0.39, 0.29) is 29.3 Å². The first kappa shape index (κ1) is 27.0. The summed E-state index contributed by atoms with van der Waals surface area (Å²) < 4.78 is 52.8. The van der Waals surface area contributed by atoms with Gasteiger partial charge in [-0.1, -0.05) is 40.5 Å². The van der Waals surface area contributed by atoms with Crippen molar-refractivity contribution in [2.24, 2.45) is 0 Å². The van der Waals surface area contributed by atoms with Crippen LogP contribution in [0.5, 0.6) is 11.5 Å². The van der Waals surface area contributed by atoms with Crippen LogP contribution in [-0.4, -0.2) is 21.2 Å². The fourth-order valence-electron chi connectivity index (χ4n) is 4.28. The van der Waals surface area contributed by atoms with Gasteiger partial charge in [0.05, 0.1) is 11.3 Å². The molecule has 202 valence electrons. The maximum atomic E-state index is 13.9. The third-order valence-corrected chi connectivity index (χ3v) is 7.09. The standard InChI is InChI=1S/C28H21Cl2F3N2O4/c29-21-5-2-6-22(30)20(21)14-23-19(25(39-35-23)15-7-8-15)11-9-17-10-12-24(26(34-17)28(31,32)33)38-18-4-1-3-16(13-18)27(36)37/h1-6,10,12-13,15H,7-9,11,14H2,(H,36,37). The molecule has 0 saturated heterocycles. The van der Waals surface area contributed by atoms with E-state index < -0.39 is 23.6 Å². The zero-order valence-electron chi connectivity index (χ0n) is 20.3. The minimum Gasteiger partial charge on any atom is -0.478 e. The van der Waals surface area contributed by atoms with E-state index in [1.54, 1.807) is 18.2 Å². The average Bonchev–Trinajstić information content (AvgIpc) is 3.65. The summed E-state index contributed by atoms with van der Waals surface area (Å²) in [6.45, 7) is 0. The van der Waals surface area contributed by atoms with Crippen LogP contribution in [0.3, 0.4) is 0 Å². The molecule has 0 bridgehead atoms. The van der Waals surface area contributed by atoms with Crippen molar-refractivity contribution in [3.63, 3.8) is 0 Å². The minimum absolute atomic E-state index is 0.0450. The number of hydrogen-bond acceptors (Lipinski definition) is 5. The number of aromatic nitrogens is 2. The molecule has 0 aliphatic heterocycles. The maximum Gasteiger partial charge on any atom is 0.437 e. The van der Waals surface area contributed by atoms with E-state index in [4.69, 9.17) is 37.6 Å². The van der Waals surface area contributed by atoms with E-state index in [1.807, 2.05) is 0 Å². The van der Waals surface area contributed by atoms with Crippen LogP contribution in [0.15, 0.2) is 59.1 Å². The van der Waals surface area contributed by atoms with Crippen molar-refractivity contribution in [3.05, 3.63) is 104 Å². The highest BCUT2D eigenvalue weighted by molar-refractivity contribution is 6.36. The molecule has 2 aromatic heterocycles. The van der Waals surface area contributed by atoms with Crippen molar-refractivity contribution in [1.82, 2.24) is 10.1 Å². The number of alkyl halides is 3. The molecule has 2 aromatic carbocycles. The van der Waals surface area contributed by atoms with Crippen LogP contribution in [0.1, 0.15) is 63.1 Å². The van der Waals surface area contributed by atoms with E-state index in [9.17, 15) is 18.0 Å².